The van der Waals surface area contributed by atoms with E-state index in [9.17, 15) is 14.4 Å². The molecule has 0 saturated carbocycles. The summed E-state index contributed by atoms with van der Waals surface area (Å²) >= 11 is 0. The molecule has 0 N–H and O–H groups in total. The Hall–Kier alpha value is -4.19. The van der Waals surface area contributed by atoms with Gasteiger partial charge in [-0.3, -0.25) is 14.4 Å². The molecule has 0 heterocycles. The molecule has 420 valence electrons. The molecule has 1 unspecified atom stereocenters. The third-order valence-electron chi connectivity index (χ3n) is 12.7. The molecule has 0 amide bonds. The molecule has 0 aliphatic rings. The van der Waals surface area contributed by atoms with Gasteiger partial charge in [0.05, 0.1) is 0 Å². The van der Waals surface area contributed by atoms with Crippen LogP contribution >= 0.6 is 0 Å². The van der Waals surface area contributed by atoms with Gasteiger partial charge in [0.15, 0.2) is 6.10 Å². The first-order chi connectivity index (χ1) is 36.5. The first-order valence-electron chi connectivity index (χ1n) is 30.5. The van der Waals surface area contributed by atoms with Crippen LogP contribution in [0.3, 0.4) is 0 Å². The summed E-state index contributed by atoms with van der Waals surface area (Å²) in [5.74, 6) is -0.942. The second kappa shape index (κ2) is 61.4. The Morgan fingerprint density at radius 3 is 0.838 bits per heavy atom. The third kappa shape index (κ3) is 58.7. The van der Waals surface area contributed by atoms with Gasteiger partial charge in [0.25, 0.3) is 0 Å². The Bertz CT molecular complexity index is 1550. The smallest absolute Gasteiger partial charge is 0.306 e. The van der Waals surface area contributed by atoms with Crippen LogP contribution in [-0.4, -0.2) is 37.2 Å². The zero-order valence-electron chi connectivity index (χ0n) is 48.1. The van der Waals surface area contributed by atoms with Gasteiger partial charge in [-0.05, 0) is 128 Å². The Morgan fingerprint density at radius 2 is 0.527 bits per heavy atom. The zero-order valence-corrected chi connectivity index (χ0v) is 48.1. The molecule has 74 heavy (non-hydrogen) atoms. The van der Waals surface area contributed by atoms with E-state index >= 15 is 0 Å². The highest BCUT2D eigenvalue weighted by atomic mass is 16.6. The van der Waals surface area contributed by atoms with E-state index in [2.05, 4.69) is 142 Å². The molecule has 0 bridgehead atoms. The molecular weight excluding hydrogens is 913 g/mol. The van der Waals surface area contributed by atoms with Gasteiger partial charge in [-0.2, -0.15) is 0 Å². The molecule has 0 aromatic heterocycles. The van der Waals surface area contributed by atoms with Crippen molar-refractivity contribution in [3.05, 3.63) is 122 Å². The van der Waals surface area contributed by atoms with Crippen LogP contribution in [0.1, 0.15) is 271 Å². The van der Waals surface area contributed by atoms with E-state index in [1.165, 1.54) is 83.5 Å². The molecule has 0 radical (unpaired) electrons. The molecule has 0 aromatic rings. The van der Waals surface area contributed by atoms with Crippen molar-refractivity contribution in [3.63, 3.8) is 0 Å². The molecule has 6 nitrogen and oxygen atoms in total. The maximum Gasteiger partial charge on any atom is 0.306 e. The number of hydrogen-bond donors (Lipinski definition) is 0. The van der Waals surface area contributed by atoms with E-state index in [1.807, 2.05) is 0 Å². The summed E-state index contributed by atoms with van der Waals surface area (Å²) in [5.41, 5.74) is 0. The number of hydrogen-bond acceptors (Lipinski definition) is 6. The number of ether oxygens (including phenoxy) is 3. The lowest BCUT2D eigenvalue weighted by atomic mass is 10.1. The van der Waals surface area contributed by atoms with Crippen molar-refractivity contribution >= 4 is 17.9 Å². The molecule has 0 rings (SSSR count). The highest BCUT2D eigenvalue weighted by Crippen LogP contribution is 2.14. The molecule has 1 atom stereocenters. The fourth-order valence-electron chi connectivity index (χ4n) is 8.16. The van der Waals surface area contributed by atoms with Crippen LogP contribution in [0, 0.1) is 0 Å². The summed E-state index contributed by atoms with van der Waals surface area (Å²) in [4.78, 5) is 38.3. The van der Waals surface area contributed by atoms with Gasteiger partial charge in [0.1, 0.15) is 13.2 Å². The monoisotopic (exact) mass is 1020 g/mol. The highest BCUT2D eigenvalue weighted by Gasteiger charge is 2.19. The fourth-order valence-corrected chi connectivity index (χ4v) is 8.16. The molecule has 0 aliphatic carbocycles. The first kappa shape index (κ1) is 69.8. The maximum atomic E-state index is 12.9. The van der Waals surface area contributed by atoms with Crippen LogP contribution in [0.4, 0.5) is 0 Å². The Morgan fingerprint density at radius 1 is 0.284 bits per heavy atom. The fraction of sp³-hybridized carbons (Fsp3) is 0.662. The van der Waals surface area contributed by atoms with Crippen molar-refractivity contribution in [2.24, 2.45) is 0 Å². The van der Waals surface area contributed by atoms with E-state index in [0.717, 1.165) is 148 Å². The summed E-state index contributed by atoms with van der Waals surface area (Å²) in [6.45, 7) is 6.38. The summed E-state index contributed by atoms with van der Waals surface area (Å²) in [6, 6.07) is 0. The summed E-state index contributed by atoms with van der Waals surface area (Å²) in [6.07, 6.45) is 84.8. The van der Waals surface area contributed by atoms with Crippen LogP contribution in [0.25, 0.3) is 0 Å². The summed E-state index contributed by atoms with van der Waals surface area (Å²) in [5, 5.41) is 0. The van der Waals surface area contributed by atoms with E-state index in [4.69, 9.17) is 14.2 Å². The van der Waals surface area contributed by atoms with E-state index in [0.29, 0.717) is 19.3 Å². The quantitative estimate of drug-likeness (QED) is 0.0261. The highest BCUT2D eigenvalue weighted by molar-refractivity contribution is 5.71. The van der Waals surface area contributed by atoms with Gasteiger partial charge in [0, 0.05) is 19.3 Å². The molecule has 0 aromatic carbocycles. The van der Waals surface area contributed by atoms with Crippen molar-refractivity contribution in [2.45, 2.75) is 277 Å². The topological polar surface area (TPSA) is 78.9 Å². The molecule has 0 spiro atoms. The second-order valence-electron chi connectivity index (χ2n) is 19.8. The van der Waals surface area contributed by atoms with E-state index in [-0.39, 0.29) is 31.1 Å². The van der Waals surface area contributed by atoms with Crippen molar-refractivity contribution < 1.29 is 28.6 Å². The lowest BCUT2D eigenvalue weighted by Crippen LogP contribution is -2.30. The number of carbonyl (C=O) groups excluding carboxylic acids is 3. The zero-order chi connectivity index (χ0) is 53.6. The average molecular weight is 1030 g/mol. The Balaban J connectivity index is 4.46. The van der Waals surface area contributed by atoms with Gasteiger partial charge < -0.3 is 14.2 Å². The number of carbonyl (C=O) groups is 3. The predicted octanol–water partition coefficient (Wildman–Crippen LogP) is 20.8. The number of allylic oxidation sites excluding steroid dienone is 20. The minimum Gasteiger partial charge on any atom is -0.462 e. The summed E-state index contributed by atoms with van der Waals surface area (Å²) in [7, 11) is 0. The minimum absolute atomic E-state index is 0.0995. The van der Waals surface area contributed by atoms with Gasteiger partial charge in [-0.15, -0.1) is 0 Å². The summed E-state index contributed by atoms with van der Waals surface area (Å²) < 4.78 is 16.9. The van der Waals surface area contributed by atoms with Gasteiger partial charge in [-0.1, -0.05) is 245 Å². The Kier molecular flexibility index (Phi) is 57.9. The van der Waals surface area contributed by atoms with Crippen molar-refractivity contribution in [1.29, 1.82) is 0 Å². The molecule has 0 aliphatic heterocycles. The van der Waals surface area contributed by atoms with Crippen molar-refractivity contribution in [3.8, 4) is 0 Å². The van der Waals surface area contributed by atoms with Gasteiger partial charge in [-0.25, -0.2) is 0 Å². The lowest BCUT2D eigenvalue weighted by Gasteiger charge is -2.18. The first-order valence-corrected chi connectivity index (χ1v) is 30.5. The van der Waals surface area contributed by atoms with Gasteiger partial charge >= 0.3 is 17.9 Å². The minimum atomic E-state index is -0.803. The molecular formula is C68H112O6. The standard InChI is InChI=1S/C68H112O6/c1-4-7-10-13-16-19-22-25-28-30-32-33-34-35-36-38-40-43-46-49-52-55-58-61-67(70)73-64-65(63-72-66(69)60-57-54-51-48-45-42-39-27-24-21-18-15-12-9-6-3)74-68(71)62-59-56-53-50-47-44-41-37-31-29-26-23-20-17-14-11-8-5-2/h7,9-10,12,16,18-19,21,25,27-29,31-33,35-36,39-40,43,65H,4-6,8,11,13-15,17,20,22-24,26,30,34,37-38,41-42,44-64H2,1-3H3/b10-7-,12-9-,19-16-,21-18-,28-25-,31-29-,33-32-,36-35-,39-27-,43-40-. The SMILES string of the molecule is CC/C=C\C/C=C\C/C=C\C/C=C\C/C=C\C/C=C\CCCCCCC(=O)OCC(COC(=O)CCCCCCC/C=C\C/C=C\C/C=C\CC)OC(=O)CCCCCCCCC/C=C\CCCCCCCCC. The second-order valence-corrected chi connectivity index (χ2v) is 19.8. The number of esters is 3. The Labute approximate surface area is 456 Å². The number of unbranched alkanes of at least 4 members (excludes halogenated alkanes) is 23. The van der Waals surface area contributed by atoms with Crippen molar-refractivity contribution in [2.75, 3.05) is 13.2 Å². The van der Waals surface area contributed by atoms with Crippen LogP contribution in [0.15, 0.2) is 122 Å². The maximum absolute atomic E-state index is 12.9. The van der Waals surface area contributed by atoms with E-state index < -0.39 is 6.10 Å². The lowest BCUT2D eigenvalue weighted by molar-refractivity contribution is -0.167. The van der Waals surface area contributed by atoms with Crippen LogP contribution in [-0.2, 0) is 28.6 Å². The predicted molar refractivity (Wildman–Crippen MR) is 320 cm³/mol. The normalized spacial score (nSPS) is 13.0. The number of rotatable bonds is 54. The average Bonchev–Trinajstić information content (AvgIpc) is 3.40. The molecule has 6 heteroatoms. The van der Waals surface area contributed by atoms with E-state index in [1.54, 1.807) is 0 Å². The van der Waals surface area contributed by atoms with Crippen molar-refractivity contribution in [1.82, 2.24) is 0 Å². The van der Waals surface area contributed by atoms with Crippen LogP contribution in [0.2, 0.25) is 0 Å². The molecule has 0 saturated heterocycles. The third-order valence-corrected chi connectivity index (χ3v) is 12.7. The molecule has 0 fully saturated rings. The van der Waals surface area contributed by atoms with Gasteiger partial charge in [0.2, 0.25) is 0 Å². The van der Waals surface area contributed by atoms with Crippen LogP contribution in [0.5, 0.6) is 0 Å². The largest absolute Gasteiger partial charge is 0.462 e. The van der Waals surface area contributed by atoms with Crippen LogP contribution < -0.4 is 0 Å².